The molecule has 1 aromatic heterocycles. The molecule has 2 aromatic rings. The molecule has 3 aliphatic rings. The number of carbonyl (C=O) groups is 1. The average molecular weight is 404 g/mol. The Balaban J connectivity index is 1.67. The molecule has 1 aliphatic carbocycles. The van der Waals surface area contributed by atoms with Gasteiger partial charge in [-0.05, 0) is 36.7 Å². The largest absolute Gasteiger partial charge is 0.383 e. The zero-order valence-corrected chi connectivity index (χ0v) is 17.7. The Morgan fingerprint density at radius 2 is 1.80 bits per heavy atom. The van der Waals surface area contributed by atoms with Gasteiger partial charge >= 0.3 is 0 Å². The van der Waals surface area contributed by atoms with Crippen molar-refractivity contribution in [1.82, 2.24) is 9.97 Å². The first-order valence-corrected chi connectivity index (χ1v) is 10.9. The number of Topliss-reactive ketones (excluding diaryl/α,β-unsaturated/α-hetero) is 1. The molecule has 6 heteroatoms. The Kier molecular flexibility index (Phi) is 4.53. The molecule has 30 heavy (non-hydrogen) atoms. The van der Waals surface area contributed by atoms with E-state index in [0.29, 0.717) is 18.2 Å². The highest BCUT2D eigenvalue weighted by molar-refractivity contribution is 6.02. The van der Waals surface area contributed by atoms with Crippen molar-refractivity contribution < 1.29 is 4.79 Å². The maximum absolute atomic E-state index is 13.3. The molecular weight excluding hydrogens is 374 g/mol. The minimum Gasteiger partial charge on any atom is -0.383 e. The predicted molar refractivity (Wildman–Crippen MR) is 119 cm³/mol. The van der Waals surface area contributed by atoms with Crippen LogP contribution in [0, 0.1) is 5.41 Å². The molecule has 1 atom stereocenters. The standard InChI is InChI=1S/C24H29N5O/c1-24(2)13-16-19(17(30)14-24)18(15-9-5-3-6-10-15)20-21(25)27-23(28-22(20)26-16)29-11-7-4-8-12-29/h3,5-6,9-10,18H,4,7-8,11-14H2,1-2H3,(H3,25,26,27,28)/t18-/m0/s1. The Bertz CT molecular complexity index is 1020. The van der Waals surface area contributed by atoms with Crippen molar-refractivity contribution in [3.63, 3.8) is 0 Å². The van der Waals surface area contributed by atoms with Gasteiger partial charge in [-0.3, -0.25) is 4.79 Å². The van der Waals surface area contributed by atoms with Gasteiger partial charge < -0.3 is 16.0 Å². The van der Waals surface area contributed by atoms with Crippen LogP contribution in [0.4, 0.5) is 17.6 Å². The van der Waals surface area contributed by atoms with E-state index in [0.717, 1.165) is 60.6 Å². The number of fused-ring (bicyclic) bond motifs is 1. The topological polar surface area (TPSA) is 84.1 Å². The van der Waals surface area contributed by atoms with E-state index in [9.17, 15) is 4.79 Å². The number of carbonyl (C=O) groups excluding carboxylic acids is 1. The summed E-state index contributed by atoms with van der Waals surface area (Å²) < 4.78 is 0. The molecule has 0 unspecified atom stereocenters. The third-order valence-electron chi connectivity index (χ3n) is 6.50. The van der Waals surface area contributed by atoms with E-state index in [1.165, 1.54) is 6.42 Å². The first-order chi connectivity index (χ1) is 14.4. The maximum Gasteiger partial charge on any atom is 0.229 e. The van der Waals surface area contributed by atoms with Crippen LogP contribution in [0.2, 0.25) is 0 Å². The first-order valence-electron chi connectivity index (χ1n) is 10.9. The summed E-state index contributed by atoms with van der Waals surface area (Å²) in [5.41, 5.74) is 10.2. The highest BCUT2D eigenvalue weighted by Gasteiger charge is 2.42. The van der Waals surface area contributed by atoms with Crippen molar-refractivity contribution >= 4 is 23.4 Å². The monoisotopic (exact) mass is 403 g/mol. The van der Waals surface area contributed by atoms with Gasteiger partial charge in [0.15, 0.2) is 5.78 Å². The highest BCUT2D eigenvalue weighted by Crippen LogP contribution is 2.50. The molecule has 0 saturated carbocycles. The molecule has 1 saturated heterocycles. The number of aromatic nitrogens is 2. The lowest BCUT2D eigenvalue weighted by Gasteiger charge is -2.39. The molecule has 3 N–H and O–H groups in total. The van der Waals surface area contributed by atoms with Crippen LogP contribution in [-0.4, -0.2) is 28.8 Å². The van der Waals surface area contributed by atoms with Crippen LogP contribution in [0.3, 0.4) is 0 Å². The number of nitrogen functional groups attached to an aromatic ring is 1. The fraction of sp³-hybridized carbons (Fsp3) is 0.458. The third kappa shape index (κ3) is 3.24. The molecule has 1 aromatic carbocycles. The van der Waals surface area contributed by atoms with E-state index < -0.39 is 0 Å². The van der Waals surface area contributed by atoms with Gasteiger partial charge in [0, 0.05) is 42.3 Å². The number of anilines is 3. The van der Waals surface area contributed by atoms with Gasteiger partial charge in [0.05, 0.1) is 0 Å². The van der Waals surface area contributed by atoms with Crippen LogP contribution >= 0.6 is 0 Å². The summed E-state index contributed by atoms with van der Waals surface area (Å²) in [5, 5.41) is 3.51. The van der Waals surface area contributed by atoms with Gasteiger partial charge in [-0.25, -0.2) is 0 Å². The van der Waals surface area contributed by atoms with Gasteiger partial charge in [-0.1, -0.05) is 44.2 Å². The van der Waals surface area contributed by atoms with Gasteiger partial charge in [-0.15, -0.1) is 0 Å². The second-order valence-electron chi connectivity index (χ2n) is 9.52. The molecule has 2 aliphatic heterocycles. The van der Waals surface area contributed by atoms with E-state index in [2.05, 4.69) is 36.2 Å². The summed E-state index contributed by atoms with van der Waals surface area (Å²) in [6, 6.07) is 10.1. The number of rotatable bonds is 2. The predicted octanol–water partition coefficient (Wildman–Crippen LogP) is 4.25. The second-order valence-corrected chi connectivity index (χ2v) is 9.52. The number of nitrogens with one attached hydrogen (secondary N) is 1. The molecule has 0 amide bonds. The smallest absolute Gasteiger partial charge is 0.229 e. The fourth-order valence-corrected chi connectivity index (χ4v) is 5.14. The normalized spacial score (nSPS) is 22.9. The lowest BCUT2D eigenvalue weighted by molar-refractivity contribution is -0.118. The van der Waals surface area contributed by atoms with Crippen LogP contribution < -0.4 is 16.0 Å². The first kappa shape index (κ1) is 19.1. The van der Waals surface area contributed by atoms with E-state index in [1.54, 1.807) is 0 Å². The molecular formula is C24H29N5O. The van der Waals surface area contributed by atoms with Crippen molar-refractivity contribution in [3.05, 3.63) is 52.7 Å². The van der Waals surface area contributed by atoms with Crippen LogP contribution in [-0.2, 0) is 4.79 Å². The summed E-state index contributed by atoms with van der Waals surface area (Å²) in [7, 11) is 0. The molecule has 3 heterocycles. The van der Waals surface area contributed by atoms with Crippen molar-refractivity contribution in [1.29, 1.82) is 0 Å². The SMILES string of the molecule is CC1(C)CC(=O)C2=C(C1)Nc1nc(N3CCCCC3)nc(N)c1[C@H]2c1ccccc1. The number of benzene rings is 1. The Morgan fingerprint density at radius 1 is 1.07 bits per heavy atom. The van der Waals surface area contributed by atoms with Crippen LogP contribution in [0.15, 0.2) is 41.6 Å². The number of hydrogen-bond donors (Lipinski definition) is 2. The van der Waals surface area contributed by atoms with E-state index in [4.69, 9.17) is 15.7 Å². The number of piperidine rings is 1. The third-order valence-corrected chi connectivity index (χ3v) is 6.50. The second kappa shape index (κ2) is 7.11. The van der Waals surface area contributed by atoms with Gasteiger partial charge in [-0.2, -0.15) is 9.97 Å². The Morgan fingerprint density at radius 3 is 2.53 bits per heavy atom. The summed E-state index contributed by atoms with van der Waals surface area (Å²) >= 11 is 0. The number of nitrogens with two attached hydrogens (primary N) is 1. The Labute approximate surface area is 177 Å². The van der Waals surface area contributed by atoms with Crippen molar-refractivity contribution in [2.45, 2.75) is 51.9 Å². The number of ketones is 1. The van der Waals surface area contributed by atoms with Crippen molar-refractivity contribution in [3.8, 4) is 0 Å². The van der Waals surface area contributed by atoms with Gasteiger partial charge in [0.1, 0.15) is 11.6 Å². The lowest BCUT2D eigenvalue weighted by atomic mass is 9.69. The van der Waals surface area contributed by atoms with Gasteiger partial charge in [0.2, 0.25) is 5.95 Å². The molecule has 5 rings (SSSR count). The number of hydrogen-bond acceptors (Lipinski definition) is 6. The maximum atomic E-state index is 13.3. The van der Waals surface area contributed by atoms with Crippen LogP contribution in [0.5, 0.6) is 0 Å². The van der Waals surface area contributed by atoms with Crippen molar-refractivity contribution in [2.24, 2.45) is 5.41 Å². The summed E-state index contributed by atoms with van der Waals surface area (Å²) in [4.78, 5) is 25.1. The molecule has 0 bridgehead atoms. The fourth-order valence-electron chi connectivity index (χ4n) is 5.14. The zero-order valence-electron chi connectivity index (χ0n) is 17.7. The van der Waals surface area contributed by atoms with E-state index in [1.807, 2.05) is 18.2 Å². The summed E-state index contributed by atoms with van der Waals surface area (Å²) in [6.45, 7) is 6.22. The lowest BCUT2D eigenvalue weighted by Crippen LogP contribution is -2.36. The summed E-state index contributed by atoms with van der Waals surface area (Å²) in [5.74, 6) is 1.87. The quantitative estimate of drug-likeness (QED) is 0.780. The summed E-state index contributed by atoms with van der Waals surface area (Å²) in [6.07, 6.45) is 4.91. The number of allylic oxidation sites excluding steroid dienone is 2. The minimum atomic E-state index is -0.226. The minimum absolute atomic E-state index is 0.0735. The van der Waals surface area contributed by atoms with E-state index in [-0.39, 0.29) is 17.1 Å². The molecule has 6 nitrogen and oxygen atoms in total. The zero-order chi connectivity index (χ0) is 20.9. The molecule has 1 fully saturated rings. The number of nitrogens with zero attached hydrogens (tertiary/aromatic N) is 3. The Hall–Kier alpha value is -2.89. The molecule has 156 valence electrons. The molecule has 0 radical (unpaired) electrons. The van der Waals surface area contributed by atoms with Crippen LogP contribution in [0.25, 0.3) is 0 Å². The van der Waals surface area contributed by atoms with Gasteiger partial charge in [0.25, 0.3) is 0 Å². The van der Waals surface area contributed by atoms with Crippen molar-refractivity contribution in [2.75, 3.05) is 29.0 Å². The van der Waals surface area contributed by atoms with E-state index >= 15 is 0 Å². The highest BCUT2D eigenvalue weighted by atomic mass is 16.1. The van der Waals surface area contributed by atoms with Crippen LogP contribution in [0.1, 0.15) is 63.0 Å². The average Bonchev–Trinajstić information content (AvgIpc) is 2.72. The molecule has 0 spiro atoms.